The van der Waals surface area contributed by atoms with Crippen LogP contribution < -0.4 is 29.3 Å². The minimum atomic E-state index is -0.0214. The van der Waals surface area contributed by atoms with Crippen LogP contribution in [-0.4, -0.2) is 18.0 Å². The summed E-state index contributed by atoms with van der Waals surface area (Å²) in [6, 6.07) is 15.8. The van der Waals surface area contributed by atoms with Crippen molar-refractivity contribution in [1.82, 2.24) is 4.57 Å². The highest BCUT2D eigenvalue weighted by molar-refractivity contribution is 7.07. The molecule has 2 aromatic carbocycles. The van der Waals surface area contributed by atoms with Gasteiger partial charge in [0.25, 0.3) is 5.56 Å². The summed E-state index contributed by atoms with van der Waals surface area (Å²) in [6.45, 7) is 1.20. The van der Waals surface area contributed by atoms with Gasteiger partial charge in [-0.05, 0) is 23.8 Å². The first kappa shape index (κ1) is 16.8. The maximum atomic E-state index is 12.8. The molecule has 2 aliphatic heterocycles. The van der Waals surface area contributed by atoms with Crippen molar-refractivity contribution in [1.29, 1.82) is 0 Å². The minimum absolute atomic E-state index is 0.0214. The zero-order valence-corrected chi connectivity index (χ0v) is 15.8. The lowest BCUT2D eigenvalue weighted by molar-refractivity contribution is 0.174. The number of aromatic nitrogens is 1. The Kier molecular flexibility index (Phi) is 4.21. The molecule has 0 amide bonds. The molecule has 7 heteroatoms. The fourth-order valence-electron chi connectivity index (χ4n) is 3.18. The van der Waals surface area contributed by atoms with Crippen LogP contribution >= 0.6 is 11.3 Å². The molecule has 3 aromatic rings. The molecule has 1 aromatic heterocycles. The van der Waals surface area contributed by atoms with E-state index in [0.29, 0.717) is 17.9 Å². The molecule has 0 N–H and O–H groups in total. The topological polar surface area (TPSA) is 56.1 Å². The lowest BCUT2D eigenvalue weighted by Crippen LogP contribution is -2.42. The zero-order chi connectivity index (χ0) is 18.9. The smallest absolute Gasteiger partial charge is 0.271 e. The van der Waals surface area contributed by atoms with Crippen LogP contribution in [0, 0.1) is 0 Å². The number of hydrogen-bond acceptors (Lipinski definition) is 6. The number of ether oxygens (including phenoxy) is 2. The van der Waals surface area contributed by atoms with Crippen molar-refractivity contribution >= 4 is 29.2 Å². The second-order valence-electron chi connectivity index (χ2n) is 6.44. The highest BCUT2D eigenvalue weighted by Gasteiger charge is 2.19. The molecule has 0 spiro atoms. The third-order valence-corrected chi connectivity index (χ3v) is 5.70. The molecule has 2 aliphatic rings. The quantitative estimate of drug-likeness (QED) is 0.687. The Morgan fingerprint density at radius 2 is 1.93 bits per heavy atom. The van der Waals surface area contributed by atoms with E-state index >= 15 is 0 Å². The van der Waals surface area contributed by atoms with Crippen molar-refractivity contribution in [3.05, 3.63) is 79.9 Å². The first-order valence-electron chi connectivity index (χ1n) is 8.90. The van der Waals surface area contributed by atoms with Gasteiger partial charge >= 0.3 is 0 Å². The van der Waals surface area contributed by atoms with E-state index in [1.807, 2.05) is 71.7 Å². The molecular formula is C21H17N3O3S. The number of nitrogens with zero attached hydrogens (tertiary/aromatic N) is 3. The van der Waals surface area contributed by atoms with E-state index in [4.69, 9.17) is 9.47 Å². The second kappa shape index (κ2) is 7.01. The lowest BCUT2D eigenvalue weighted by atomic mass is 10.2. The number of benzene rings is 2. The SMILES string of the molecule is O=c1/c(=C/C=C/c2ccccc2)sc2n1CN(c1ccc3c(c1)OCO3)CN=2. The molecule has 0 atom stereocenters. The molecular weight excluding hydrogens is 374 g/mol. The molecule has 0 saturated carbocycles. The van der Waals surface area contributed by atoms with Crippen LogP contribution in [0.3, 0.4) is 0 Å². The van der Waals surface area contributed by atoms with Crippen molar-refractivity contribution < 1.29 is 9.47 Å². The molecule has 5 rings (SSSR count). The van der Waals surface area contributed by atoms with Gasteiger partial charge in [-0.15, -0.1) is 0 Å². The molecule has 0 aliphatic carbocycles. The summed E-state index contributed by atoms with van der Waals surface area (Å²) < 4.78 is 13.2. The van der Waals surface area contributed by atoms with Gasteiger partial charge < -0.3 is 14.4 Å². The van der Waals surface area contributed by atoms with E-state index in [2.05, 4.69) is 4.99 Å². The van der Waals surface area contributed by atoms with Gasteiger partial charge in [0, 0.05) is 11.8 Å². The summed E-state index contributed by atoms with van der Waals surface area (Å²) in [7, 11) is 0. The summed E-state index contributed by atoms with van der Waals surface area (Å²) in [5.74, 6) is 1.47. The molecule has 0 radical (unpaired) electrons. The second-order valence-corrected chi connectivity index (χ2v) is 7.45. The van der Waals surface area contributed by atoms with Crippen molar-refractivity contribution in [3.8, 4) is 11.5 Å². The number of fused-ring (bicyclic) bond motifs is 2. The lowest BCUT2D eigenvalue weighted by Gasteiger charge is -2.25. The molecule has 3 heterocycles. The maximum absolute atomic E-state index is 12.8. The van der Waals surface area contributed by atoms with Crippen LogP contribution in [0.1, 0.15) is 5.56 Å². The Labute approximate surface area is 164 Å². The fraction of sp³-hybridized carbons (Fsp3) is 0.143. The Morgan fingerprint density at radius 3 is 2.82 bits per heavy atom. The van der Waals surface area contributed by atoms with Crippen molar-refractivity contribution in [2.45, 2.75) is 6.67 Å². The van der Waals surface area contributed by atoms with Gasteiger partial charge in [0.15, 0.2) is 16.3 Å². The number of thiazole rings is 1. The van der Waals surface area contributed by atoms with E-state index < -0.39 is 0 Å². The van der Waals surface area contributed by atoms with Gasteiger partial charge in [-0.25, -0.2) is 4.99 Å². The molecule has 0 unspecified atom stereocenters. The Balaban J connectivity index is 1.42. The van der Waals surface area contributed by atoms with Crippen LogP contribution in [0.4, 0.5) is 5.69 Å². The summed E-state index contributed by atoms with van der Waals surface area (Å²) in [5.41, 5.74) is 2.03. The fourth-order valence-corrected chi connectivity index (χ4v) is 4.10. The van der Waals surface area contributed by atoms with Gasteiger partial charge in [-0.3, -0.25) is 9.36 Å². The third-order valence-electron chi connectivity index (χ3n) is 4.63. The van der Waals surface area contributed by atoms with E-state index in [1.54, 1.807) is 4.57 Å². The number of rotatable bonds is 3. The number of hydrogen-bond donors (Lipinski definition) is 0. The third kappa shape index (κ3) is 3.10. The van der Waals surface area contributed by atoms with Crippen LogP contribution in [0.2, 0.25) is 0 Å². The van der Waals surface area contributed by atoms with Gasteiger partial charge in [-0.1, -0.05) is 53.8 Å². The van der Waals surface area contributed by atoms with Crippen molar-refractivity contribution in [2.24, 2.45) is 4.99 Å². The molecule has 6 nitrogen and oxygen atoms in total. The highest BCUT2D eigenvalue weighted by atomic mass is 32.1. The average Bonchev–Trinajstić information content (AvgIpc) is 3.33. The summed E-state index contributed by atoms with van der Waals surface area (Å²) in [5, 5.41) is 0. The number of allylic oxidation sites excluding steroid dienone is 1. The first-order chi connectivity index (χ1) is 13.8. The van der Waals surface area contributed by atoms with Crippen LogP contribution in [0.25, 0.3) is 12.2 Å². The van der Waals surface area contributed by atoms with E-state index in [1.165, 1.54) is 11.3 Å². The van der Waals surface area contributed by atoms with E-state index in [-0.39, 0.29) is 12.4 Å². The standard InChI is InChI=1S/C21H17N3O3S/c25-20-19(8-4-7-15-5-2-1-3-6-15)28-21-22-12-23(13-24(20)21)16-9-10-17-18(11-16)27-14-26-17/h1-11H,12-14H2/b7-4+,19-8-. The molecule has 140 valence electrons. The van der Waals surface area contributed by atoms with Crippen molar-refractivity contribution in [3.63, 3.8) is 0 Å². The van der Waals surface area contributed by atoms with Crippen molar-refractivity contribution in [2.75, 3.05) is 18.4 Å². The normalized spacial score (nSPS) is 15.7. The molecule has 28 heavy (non-hydrogen) atoms. The zero-order valence-electron chi connectivity index (χ0n) is 14.9. The molecule has 0 bridgehead atoms. The molecule has 0 fully saturated rings. The van der Waals surface area contributed by atoms with Gasteiger partial charge in [0.2, 0.25) is 6.79 Å². The van der Waals surface area contributed by atoms with Gasteiger partial charge in [-0.2, -0.15) is 0 Å². The minimum Gasteiger partial charge on any atom is -0.454 e. The van der Waals surface area contributed by atoms with Crippen LogP contribution in [0.15, 0.2) is 64.4 Å². The Hall–Kier alpha value is -3.32. The summed E-state index contributed by atoms with van der Waals surface area (Å²) in [6.07, 6.45) is 5.74. The summed E-state index contributed by atoms with van der Waals surface area (Å²) in [4.78, 5) is 20.2. The number of anilines is 1. The largest absolute Gasteiger partial charge is 0.454 e. The maximum Gasteiger partial charge on any atom is 0.271 e. The first-order valence-corrected chi connectivity index (χ1v) is 9.72. The van der Waals surface area contributed by atoms with E-state index in [0.717, 1.165) is 27.6 Å². The monoisotopic (exact) mass is 391 g/mol. The van der Waals surface area contributed by atoms with E-state index in [9.17, 15) is 4.79 Å². The van der Waals surface area contributed by atoms with Crippen LogP contribution in [-0.2, 0) is 6.67 Å². The molecule has 0 saturated heterocycles. The Bertz CT molecular complexity index is 1230. The average molecular weight is 391 g/mol. The van der Waals surface area contributed by atoms with Crippen LogP contribution in [0.5, 0.6) is 11.5 Å². The van der Waals surface area contributed by atoms with Gasteiger partial charge in [0.05, 0.1) is 4.53 Å². The Morgan fingerprint density at radius 1 is 1.07 bits per heavy atom. The summed E-state index contributed by atoms with van der Waals surface area (Å²) >= 11 is 1.42. The predicted molar refractivity (Wildman–Crippen MR) is 109 cm³/mol. The highest BCUT2D eigenvalue weighted by Crippen LogP contribution is 2.35. The van der Waals surface area contributed by atoms with Gasteiger partial charge in [0.1, 0.15) is 13.3 Å². The predicted octanol–water partition coefficient (Wildman–Crippen LogP) is 2.19.